The molecule has 6 heteroatoms. The van der Waals surface area contributed by atoms with E-state index in [0.29, 0.717) is 45.3 Å². The van der Waals surface area contributed by atoms with Crippen LogP contribution in [0.5, 0.6) is 5.75 Å². The predicted octanol–water partition coefficient (Wildman–Crippen LogP) is 2.51. The van der Waals surface area contributed by atoms with Crippen molar-refractivity contribution in [2.75, 3.05) is 31.6 Å². The van der Waals surface area contributed by atoms with Crippen LogP contribution < -0.4 is 10.1 Å². The first-order chi connectivity index (χ1) is 14.0. The smallest absolute Gasteiger partial charge is 0.224 e. The zero-order valence-electron chi connectivity index (χ0n) is 16.5. The molecule has 1 atom stereocenters. The van der Waals surface area contributed by atoms with Crippen molar-refractivity contribution in [2.45, 2.75) is 37.4 Å². The first-order valence-electron chi connectivity index (χ1n) is 10.2. The van der Waals surface area contributed by atoms with Crippen LogP contribution in [0.2, 0.25) is 0 Å². The van der Waals surface area contributed by atoms with Crippen molar-refractivity contribution in [3.05, 3.63) is 59.7 Å². The molecule has 1 saturated heterocycles. The second kappa shape index (κ2) is 8.53. The number of amides is 1. The molecule has 0 saturated carbocycles. The van der Waals surface area contributed by atoms with E-state index in [-0.39, 0.29) is 12.5 Å². The minimum atomic E-state index is -0.832. The van der Waals surface area contributed by atoms with Gasteiger partial charge in [-0.25, -0.2) is 0 Å². The van der Waals surface area contributed by atoms with E-state index in [0.717, 1.165) is 22.6 Å². The third-order valence-electron chi connectivity index (χ3n) is 5.88. The molecule has 0 bridgehead atoms. The maximum Gasteiger partial charge on any atom is 0.224 e. The van der Waals surface area contributed by atoms with Gasteiger partial charge >= 0.3 is 0 Å². The Labute approximate surface area is 171 Å². The topological polar surface area (TPSA) is 82.0 Å². The van der Waals surface area contributed by atoms with Crippen LogP contribution in [0.3, 0.4) is 0 Å². The van der Waals surface area contributed by atoms with Gasteiger partial charge in [-0.05, 0) is 48.6 Å². The van der Waals surface area contributed by atoms with Gasteiger partial charge in [-0.1, -0.05) is 30.3 Å². The maximum absolute atomic E-state index is 11.5. The quantitative estimate of drug-likeness (QED) is 0.699. The fourth-order valence-corrected chi connectivity index (χ4v) is 3.99. The maximum atomic E-state index is 11.5. The number of benzene rings is 2. The van der Waals surface area contributed by atoms with E-state index < -0.39 is 11.7 Å². The Bertz CT molecular complexity index is 847. The molecule has 154 valence electrons. The third-order valence-corrected chi connectivity index (χ3v) is 5.88. The van der Waals surface area contributed by atoms with Crippen LogP contribution in [0, 0.1) is 0 Å². The van der Waals surface area contributed by atoms with Crippen LogP contribution in [0.15, 0.2) is 48.5 Å². The predicted molar refractivity (Wildman–Crippen MR) is 111 cm³/mol. The fourth-order valence-electron chi connectivity index (χ4n) is 3.99. The molecule has 0 radical (unpaired) electrons. The molecule has 2 aromatic carbocycles. The first kappa shape index (κ1) is 19.9. The van der Waals surface area contributed by atoms with Crippen molar-refractivity contribution >= 4 is 11.6 Å². The summed E-state index contributed by atoms with van der Waals surface area (Å²) >= 11 is 0. The summed E-state index contributed by atoms with van der Waals surface area (Å²) < 4.78 is 5.75. The molecule has 2 aromatic rings. The van der Waals surface area contributed by atoms with Gasteiger partial charge in [0.05, 0.1) is 6.10 Å². The van der Waals surface area contributed by atoms with Crippen LogP contribution in [0.25, 0.3) is 0 Å². The number of carbonyl (C=O) groups is 1. The molecular weight excluding hydrogens is 368 g/mol. The number of carbonyl (C=O) groups excluding carboxylic acids is 1. The van der Waals surface area contributed by atoms with E-state index in [1.807, 2.05) is 48.5 Å². The Balaban J connectivity index is 1.28. The number of nitrogens with zero attached hydrogens (tertiary/aromatic N) is 1. The Morgan fingerprint density at radius 3 is 2.62 bits per heavy atom. The zero-order chi connectivity index (χ0) is 20.3. The summed E-state index contributed by atoms with van der Waals surface area (Å²) in [5.74, 6) is 0.810. The van der Waals surface area contributed by atoms with Crippen molar-refractivity contribution < 1.29 is 19.7 Å². The molecule has 0 spiro atoms. The lowest BCUT2D eigenvalue weighted by Crippen LogP contribution is -2.48. The number of hydrogen-bond acceptors (Lipinski definition) is 5. The number of anilines is 1. The lowest BCUT2D eigenvalue weighted by molar-refractivity contribution is -0.116. The van der Waals surface area contributed by atoms with Crippen molar-refractivity contribution in [3.8, 4) is 5.75 Å². The second-order valence-corrected chi connectivity index (χ2v) is 8.11. The van der Waals surface area contributed by atoms with Gasteiger partial charge in [0.25, 0.3) is 0 Å². The van der Waals surface area contributed by atoms with Crippen molar-refractivity contribution in [1.29, 1.82) is 0 Å². The lowest BCUT2D eigenvalue weighted by atomic mass is 9.91. The van der Waals surface area contributed by atoms with E-state index in [1.165, 1.54) is 0 Å². The van der Waals surface area contributed by atoms with Gasteiger partial charge in [-0.15, -0.1) is 0 Å². The molecule has 2 aliphatic rings. The highest BCUT2D eigenvalue weighted by Gasteiger charge is 2.33. The number of nitrogens with one attached hydrogen (secondary N) is 1. The van der Waals surface area contributed by atoms with E-state index in [9.17, 15) is 15.0 Å². The molecule has 1 amide bonds. The molecule has 2 heterocycles. The number of para-hydroxylation sites is 1. The van der Waals surface area contributed by atoms with E-state index in [1.54, 1.807) is 0 Å². The molecule has 6 nitrogen and oxygen atoms in total. The Morgan fingerprint density at radius 1 is 1.10 bits per heavy atom. The van der Waals surface area contributed by atoms with Gasteiger partial charge in [0, 0.05) is 31.7 Å². The number of aliphatic hydroxyl groups excluding tert-OH is 1. The van der Waals surface area contributed by atoms with E-state index >= 15 is 0 Å². The number of rotatable bonds is 6. The monoisotopic (exact) mass is 396 g/mol. The highest BCUT2D eigenvalue weighted by atomic mass is 16.5. The number of ether oxygens (including phenoxy) is 1. The lowest BCUT2D eigenvalue weighted by Gasteiger charge is -2.38. The average molecular weight is 396 g/mol. The molecule has 0 aliphatic carbocycles. The zero-order valence-corrected chi connectivity index (χ0v) is 16.5. The average Bonchev–Trinajstić information content (AvgIpc) is 2.74. The van der Waals surface area contributed by atoms with E-state index in [2.05, 4.69) is 10.2 Å². The molecule has 2 aliphatic heterocycles. The van der Waals surface area contributed by atoms with Gasteiger partial charge in [-0.2, -0.15) is 0 Å². The SMILES string of the molecule is O=C1CCc2cc(C(O)CN3CCC(O)(COc4ccccc4)CC3)ccc2N1. The highest BCUT2D eigenvalue weighted by molar-refractivity contribution is 5.93. The summed E-state index contributed by atoms with van der Waals surface area (Å²) in [6, 6.07) is 15.3. The van der Waals surface area contributed by atoms with Crippen LogP contribution in [0.1, 0.15) is 36.5 Å². The number of hydrogen-bond donors (Lipinski definition) is 3. The van der Waals surface area contributed by atoms with Crippen molar-refractivity contribution in [3.63, 3.8) is 0 Å². The van der Waals surface area contributed by atoms with Crippen molar-refractivity contribution in [2.24, 2.45) is 0 Å². The molecule has 1 unspecified atom stereocenters. The standard InChI is InChI=1S/C23H28N2O4/c26-21(18-6-8-20-17(14-18)7-9-22(27)24-20)15-25-12-10-23(28,11-13-25)16-29-19-4-2-1-3-5-19/h1-6,8,14,21,26,28H,7,9-13,15-16H2,(H,24,27). The first-order valence-corrected chi connectivity index (χ1v) is 10.2. The normalized spacial score (nSPS) is 19.9. The van der Waals surface area contributed by atoms with Gasteiger partial charge in [0.1, 0.15) is 18.0 Å². The minimum absolute atomic E-state index is 0.0443. The second-order valence-electron chi connectivity index (χ2n) is 8.11. The molecular formula is C23H28N2O4. The van der Waals surface area contributed by atoms with Crippen LogP contribution >= 0.6 is 0 Å². The highest BCUT2D eigenvalue weighted by Crippen LogP contribution is 2.28. The summed E-state index contributed by atoms with van der Waals surface area (Å²) in [5.41, 5.74) is 1.96. The molecule has 3 N–H and O–H groups in total. The molecule has 0 aromatic heterocycles. The Kier molecular flexibility index (Phi) is 5.85. The van der Waals surface area contributed by atoms with Gasteiger partial charge in [-0.3, -0.25) is 4.79 Å². The summed E-state index contributed by atoms with van der Waals surface area (Å²) in [7, 11) is 0. The summed E-state index contributed by atoms with van der Waals surface area (Å²) in [5, 5.41) is 24.4. The van der Waals surface area contributed by atoms with Gasteiger partial charge in [0.15, 0.2) is 0 Å². The Hall–Kier alpha value is -2.41. The number of aryl methyl sites for hydroxylation is 1. The number of aliphatic hydroxyl groups is 2. The summed E-state index contributed by atoms with van der Waals surface area (Å²) in [6.45, 7) is 2.24. The summed E-state index contributed by atoms with van der Waals surface area (Å²) in [4.78, 5) is 13.7. The Morgan fingerprint density at radius 2 is 1.86 bits per heavy atom. The fraction of sp³-hybridized carbons (Fsp3) is 0.435. The number of likely N-dealkylation sites (tertiary alicyclic amines) is 1. The van der Waals surface area contributed by atoms with Crippen LogP contribution in [-0.2, 0) is 11.2 Å². The third kappa shape index (κ3) is 4.96. The van der Waals surface area contributed by atoms with Crippen LogP contribution in [0.4, 0.5) is 5.69 Å². The van der Waals surface area contributed by atoms with Gasteiger partial charge in [0.2, 0.25) is 5.91 Å². The number of piperidine rings is 1. The number of β-amino-alcohol motifs (C(OH)–C–C–N with tert-alkyl or cyclic N) is 1. The van der Waals surface area contributed by atoms with Gasteiger partial charge < -0.3 is 25.2 Å². The largest absolute Gasteiger partial charge is 0.491 e. The molecule has 1 fully saturated rings. The minimum Gasteiger partial charge on any atom is -0.491 e. The van der Waals surface area contributed by atoms with E-state index in [4.69, 9.17) is 4.74 Å². The van der Waals surface area contributed by atoms with Crippen molar-refractivity contribution in [1.82, 2.24) is 4.90 Å². The summed E-state index contributed by atoms with van der Waals surface area (Å²) in [6.07, 6.45) is 1.83. The number of fused-ring (bicyclic) bond motifs is 1. The molecule has 29 heavy (non-hydrogen) atoms. The molecule has 4 rings (SSSR count). The van der Waals surface area contributed by atoms with Crippen LogP contribution in [-0.4, -0.2) is 52.9 Å².